The number of hydrogen-bond donors (Lipinski definition) is 26. The molecule has 0 aliphatic rings. The van der Waals surface area contributed by atoms with E-state index in [0.717, 1.165) is 6.92 Å². The molecule has 636 valence electrons. The first-order valence-electron chi connectivity index (χ1n) is 35.6. The van der Waals surface area contributed by atoms with Gasteiger partial charge in [0.25, 0.3) is 0 Å². The van der Waals surface area contributed by atoms with E-state index >= 15 is 0 Å². The van der Waals surface area contributed by atoms with Gasteiger partial charge >= 0.3 is 11.9 Å². The summed E-state index contributed by atoms with van der Waals surface area (Å²) in [4.78, 5) is 268. The van der Waals surface area contributed by atoms with Crippen molar-refractivity contribution in [2.24, 2.45) is 50.3 Å². The number of aliphatic imine (C=N–C) groups is 2. The molecule has 46 nitrogen and oxygen atoms in total. The quantitative estimate of drug-likeness (QED) is 0.0116. The first-order valence-corrected chi connectivity index (χ1v) is 36.8. The van der Waals surface area contributed by atoms with Crippen molar-refractivity contribution >= 4 is 155 Å². The number of hydrogen-bond acceptors (Lipinski definition) is 24. The SMILES string of the molecule is CC(=O)N[C@@H](CCC(=O)O)C(=O)N[C@@H](C)C(=O)N[C@@H](CS)C(=O)N[C@@H](C)C(=O)N[C@@H](CCCN=C(N)N)C(=O)N[C@H](C(=O)NC(C)(C)C(=O)N[C@@H](C)C(=O)N[C@@H](C)C(=O)N[C@@H](CS)C(=O)N[C@@H](CCC(=O)O)C(=O)N[C@@H](C)C(=O)N[C@@H](C)C(=O)N[C@@H](C)C(=O)N[C@@H](CCCN=C(N)N)C(=O)N[C@@H](CCC(N)=O)C(N)=O)C(C)C. The Labute approximate surface area is 662 Å². The summed E-state index contributed by atoms with van der Waals surface area (Å²) in [6.45, 7) is 15.2. The molecule has 0 rings (SSSR count). The van der Waals surface area contributed by atoms with Gasteiger partial charge < -0.3 is 130 Å². The van der Waals surface area contributed by atoms with Gasteiger partial charge in [-0.05, 0) is 113 Å². The van der Waals surface area contributed by atoms with E-state index in [4.69, 9.17) is 39.5 Å². The van der Waals surface area contributed by atoms with Crippen molar-refractivity contribution in [1.29, 1.82) is 0 Å². The number of nitrogens with one attached hydrogen (secondary N) is 16. The van der Waals surface area contributed by atoms with Gasteiger partial charge in [-0.2, -0.15) is 25.3 Å². The highest BCUT2D eigenvalue weighted by molar-refractivity contribution is 7.80. The minimum atomic E-state index is -1.85. The molecule has 0 saturated carbocycles. The van der Waals surface area contributed by atoms with Gasteiger partial charge in [-0.15, -0.1) is 0 Å². The summed E-state index contributed by atoms with van der Waals surface area (Å²) in [5.41, 5.74) is 30.4. The number of guanidine groups is 2. The lowest BCUT2D eigenvalue weighted by atomic mass is 9.98. The second kappa shape index (κ2) is 50.5. The highest BCUT2D eigenvalue weighted by Crippen LogP contribution is 2.12. The van der Waals surface area contributed by atoms with Gasteiger partial charge in [0.05, 0.1) is 0 Å². The van der Waals surface area contributed by atoms with Crippen LogP contribution >= 0.6 is 25.3 Å². The summed E-state index contributed by atoms with van der Waals surface area (Å²) in [7, 11) is 0. The minimum Gasteiger partial charge on any atom is -0.481 e. The van der Waals surface area contributed by atoms with Crippen LogP contribution in [0, 0.1) is 5.92 Å². The standard InChI is InChI=1S/C65H112N24O22S2/c1-27(2)46(88-58(107)38(16-14-24-73-64(70)71)84-52(101)32(7)79-59(108)41(25-112)86-54(103)33(8)78-55(104)39(81-35(10)90)18-21-44(92)93)61(110)89-65(11,12)62(111)80-34(9)50(99)76-31(6)53(102)87-42(26-113)60(109)85-40(19-22-45(94)95)56(105)77-29(4)49(98)74-28(3)48(97)75-30(5)51(100)83-37(15-13-23-72-63(68)69)57(106)82-36(47(67)96)17-20-43(66)91/h27-34,36-42,46,112-113H,13-26H2,1-12H3,(H2,66,91)(H2,67,96)(H,74,98)(H,75,97)(H,76,99)(H,77,105)(H,78,104)(H,79,108)(H,80,111)(H,81,90)(H,82,106)(H,83,100)(H,84,101)(H,85,109)(H,86,103)(H,87,102)(H,88,107)(H,89,110)(H,92,93)(H,94,95)(H4,68,69,72)(H4,70,71,73)/t28-,29-,30-,31-,32-,33-,34-,36-,37-,38-,39-,40-,41-,42-,46-/m0/s1. The average Bonchev–Trinajstić information content (AvgIpc) is 0.854. The number of carbonyl (C=O) groups is 20. The molecule has 113 heavy (non-hydrogen) atoms. The third kappa shape index (κ3) is 39.9. The molecule has 0 radical (unpaired) electrons. The fraction of sp³-hybridized carbons (Fsp3) is 0.662. The molecule has 0 saturated heterocycles. The number of carboxylic acids is 2. The van der Waals surface area contributed by atoms with E-state index in [-0.39, 0.29) is 75.7 Å². The van der Waals surface area contributed by atoms with Crippen LogP contribution in [0.2, 0.25) is 0 Å². The zero-order valence-electron chi connectivity index (χ0n) is 64.9. The Bertz CT molecular complexity index is 3490. The van der Waals surface area contributed by atoms with Gasteiger partial charge in [0, 0.05) is 50.8 Å². The summed E-state index contributed by atoms with van der Waals surface area (Å²) in [6, 6.07) is -21.5. The third-order valence-electron chi connectivity index (χ3n) is 16.3. The van der Waals surface area contributed by atoms with Crippen molar-refractivity contribution < 1.29 is 106 Å². The van der Waals surface area contributed by atoms with E-state index in [1.54, 1.807) is 13.8 Å². The molecule has 30 N–H and O–H groups in total. The summed E-state index contributed by atoms with van der Waals surface area (Å²) < 4.78 is 0. The van der Waals surface area contributed by atoms with Gasteiger partial charge in [0.1, 0.15) is 96.2 Å². The number of nitrogens with zero attached hydrogens (tertiary/aromatic N) is 2. The Morgan fingerprint density at radius 1 is 0.336 bits per heavy atom. The molecule has 0 aromatic rings. The Morgan fingerprint density at radius 3 is 0.920 bits per heavy atom. The number of rotatable bonds is 52. The number of thiol groups is 2. The number of aliphatic carboxylic acids is 2. The average molecular weight is 1650 g/mol. The molecule has 0 spiro atoms. The second-order valence-corrected chi connectivity index (χ2v) is 27.8. The lowest BCUT2D eigenvalue weighted by Crippen LogP contribution is -2.63. The molecule has 0 bridgehead atoms. The monoisotopic (exact) mass is 1640 g/mol. The Balaban J connectivity index is 6.06. The summed E-state index contributed by atoms with van der Waals surface area (Å²) in [5, 5.41) is 56.7. The second-order valence-electron chi connectivity index (χ2n) is 27.1. The third-order valence-corrected chi connectivity index (χ3v) is 17.0. The highest BCUT2D eigenvalue weighted by atomic mass is 32.1. The van der Waals surface area contributed by atoms with Crippen molar-refractivity contribution in [2.45, 2.75) is 243 Å². The van der Waals surface area contributed by atoms with Gasteiger partial charge in [0.15, 0.2) is 11.9 Å². The minimum absolute atomic E-state index is 0.0187. The van der Waals surface area contributed by atoms with E-state index < -0.39 is 245 Å². The van der Waals surface area contributed by atoms with Crippen LogP contribution in [0.25, 0.3) is 0 Å². The van der Waals surface area contributed by atoms with Crippen LogP contribution in [0.15, 0.2) is 9.98 Å². The summed E-state index contributed by atoms with van der Waals surface area (Å²) in [6.07, 6.45) is -2.68. The molecular formula is C65H112N24O22S2. The van der Waals surface area contributed by atoms with E-state index in [2.05, 4.69) is 120 Å². The first-order chi connectivity index (χ1) is 52.4. The van der Waals surface area contributed by atoms with E-state index in [1.807, 2.05) is 0 Å². The van der Waals surface area contributed by atoms with Crippen molar-refractivity contribution in [2.75, 3.05) is 24.6 Å². The first kappa shape index (κ1) is 102. The summed E-state index contributed by atoms with van der Waals surface area (Å²) >= 11 is 8.26. The van der Waals surface area contributed by atoms with Gasteiger partial charge in [-0.25, -0.2) is 0 Å². The van der Waals surface area contributed by atoms with Crippen molar-refractivity contribution in [1.82, 2.24) is 85.1 Å². The van der Waals surface area contributed by atoms with Crippen LogP contribution in [0.5, 0.6) is 0 Å². The molecule has 0 fully saturated rings. The Morgan fingerprint density at radius 2 is 0.602 bits per heavy atom. The van der Waals surface area contributed by atoms with E-state index in [1.165, 1.54) is 62.3 Å². The molecule has 0 aromatic heterocycles. The maximum Gasteiger partial charge on any atom is 0.303 e. The molecule has 0 unspecified atom stereocenters. The Kier molecular flexibility index (Phi) is 45.4. The molecule has 0 heterocycles. The largest absolute Gasteiger partial charge is 0.481 e. The smallest absolute Gasteiger partial charge is 0.303 e. The lowest BCUT2D eigenvalue weighted by molar-refractivity contribution is -0.139. The maximum atomic E-state index is 14.1. The van der Waals surface area contributed by atoms with Crippen LogP contribution in [-0.4, -0.2) is 261 Å². The van der Waals surface area contributed by atoms with Gasteiger partial charge in [-0.1, -0.05) is 13.8 Å². The van der Waals surface area contributed by atoms with Crippen LogP contribution in [-0.2, 0) is 95.9 Å². The number of nitrogens with two attached hydrogens (primary N) is 6. The zero-order valence-corrected chi connectivity index (χ0v) is 66.7. The van der Waals surface area contributed by atoms with Crippen LogP contribution in [0.3, 0.4) is 0 Å². The predicted molar refractivity (Wildman–Crippen MR) is 410 cm³/mol. The highest BCUT2D eigenvalue weighted by Gasteiger charge is 2.39. The maximum absolute atomic E-state index is 14.1. The van der Waals surface area contributed by atoms with Crippen molar-refractivity contribution in [3.8, 4) is 0 Å². The summed E-state index contributed by atoms with van der Waals surface area (Å²) in [5.74, 6) is -21.5. The molecule has 18 amide bonds. The molecule has 15 atom stereocenters. The van der Waals surface area contributed by atoms with Crippen molar-refractivity contribution in [3.05, 3.63) is 0 Å². The van der Waals surface area contributed by atoms with E-state index in [0.29, 0.717) is 0 Å². The molecule has 0 aliphatic heterocycles. The zero-order chi connectivity index (χ0) is 87.1. The fourth-order valence-electron chi connectivity index (χ4n) is 9.58. The van der Waals surface area contributed by atoms with Crippen LogP contribution in [0.1, 0.15) is 147 Å². The fourth-order valence-corrected chi connectivity index (χ4v) is 10.1. The topological polar surface area (TPSA) is 755 Å². The van der Waals surface area contributed by atoms with Gasteiger partial charge in [-0.3, -0.25) is 106 Å². The molecule has 0 aromatic carbocycles. The number of primary amides is 2. The van der Waals surface area contributed by atoms with E-state index in [9.17, 15) is 101 Å². The lowest BCUT2D eigenvalue weighted by Gasteiger charge is -2.31. The normalized spacial score (nSPS) is 15.0. The number of carbonyl (C=O) groups excluding carboxylic acids is 18. The molecule has 0 aliphatic carbocycles. The molecule has 48 heteroatoms. The van der Waals surface area contributed by atoms with Crippen molar-refractivity contribution in [3.63, 3.8) is 0 Å². The number of carboxylic acid groups (broad SMARTS) is 2. The van der Waals surface area contributed by atoms with Crippen LogP contribution < -0.4 is 119 Å². The Hall–Kier alpha value is -11.4. The van der Waals surface area contributed by atoms with Gasteiger partial charge in [0.2, 0.25) is 106 Å². The predicted octanol–water partition coefficient (Wildman–Crippen LogP) is -10.6. The van der Waals surface area contributed by atoms with Crippen LogP contribution in [0.4, 0.5) is 0 Å². The molecular weight excluding hydrogens is 1530 g/mol. The number of amides is 18.